The minimum Gasteiger partial charge on any atom is -0.353 e. The third-order valence-electron chi connectivity index (χ3n) is 4.22. The van der Waals surface area contributed by atoms with Crippen LogP contribution >= 0.6 is 0 Å². The molecule has 0 bridgehead atoms. The largest absolute Gasteiger partial charge is 0.353 e. The van der Waals surface area contributed by atoms with Gasteiger partial charge in [-0.25, -0.2) is 8.42 Å². The van der Waals surface area contributed by atoms with E-state index in [-0.39, 0.29) is 29.5 Å². The first-order chi connectivity index (χ1) is 8.94. The molecule has 2 atom stereocenters. The van der Waals surface area contributed by atoms with E-state index >= 15 is 0 Å². The summed E-state index contributed by atoms with van der Waals surface area (Å²) in [4.78, 5) is 11.9. The van der Waals surface area contributed by atoms with Gasteiger partial charge in [0.05, 0.1) is 11.5 Å². The van der Waals surface area contributed by atoms with Gasteiger partial charge in [-0.15, -0.1) is 0 Å². The molecule has 0 aromatic heterocycles. The Kier molecular flexibility index (Phi) is 4.84. The summed E-state index contributed by atoms with van der Waals surface area (Å²) in [6.07, 6.45) is 5.85. The molecule has 110 valence electrons. The second-order valence-corrected chi connectivity index (χ2v) is 8.29. The van der Waals surface area contributed by atoms with E-state index < -0.39 is 9.84 Å². The summed E-state index contributed by atoms with van der Waals surface area (Å²) >= 11 is 0. The monoisotopic (exact) mass is 288 g/mol. The summed E-state index contributed by atoms with van der Waals surface area (Å²) in [6.45, 7) is 0. The van der Waals surface area contributed by atoms with Crippen LogP contribution in [0.15, 0.2) is 0 Å². The number of carbonyl (C=O) groups is 1. The van der Waals surface area contributed by atoms with Crippen molar-refractivity contribution in [3.05, 3.63) is 0 Å². The zero-order chi connectivity index (χ0) is 13.9. The molecule has 1 saturated heterocycles. The van der Waals surface area contributed by atoms with Crippen molar-refractivity contribution in [2.24, 2.45) is 11.7 Å². The number of nitrogens with two attached hydrogens (primary N) is 1. The number of sulfone groups is 1. The van der Waals surface area contributed by atoms with Gasteiger partial charge < -0.3 is 11.1 Å². The van der Waals surface area contributed by atoms with Crippen LogP contribution in [0.1, 0.15) is 44.9 Å². The highest BCUT2D eigenvalue weighted by Gasteiger charge is 2.26. The number of rotatable bonds is 3. The Labute approximate surface area is 115 Å². The number of amides is 1. The summed E-state index contributed by atoms with van der Waals surface area (Å²) in [5.41, 5.74) is 5.92. The van der Waals surface area contributed by atoms with Crippen molar-refractivity contribution in [3.8, 4) is 0 Å². The quantitative estimate of drug-likeness (QED) is 0.795. The van der Waals surface area contributed by atoms with Crippen LogP contribution in [0.3, 0.4) is 0 Å². The molecular formula is C13H24N2O3S. The van der Waals surface area contributed by atoms with Crippen LogP contribution in [0.2, 0.25) is 0 Å². The van der Waals surface area contributed by atoms with Gasteiger partial charge in [-0.05, 0) is 38.0 Å². The average molecular weight is 288 g/mol. The molecule has 2 unspecified atom stereocenters. The van der Waals surface area contributed by atoms with E-state index in [1.807, 2.05) is 0 Å². The molecule has 2 aliphatic rings. The predicted molar refractivity (Wildman–Crippen MR) is 74.4 cm³/mol. The Morgan fingerprint density at radius 2 is 1.84 bits per heavy atom. The van der Waals surface area contributed by atoms with Crippen molar-refractivity contribution in [3.63, 3.8) is 0 Å². The molecule has 3 N–H and O–H groups in total. The molecule has 0 radical (unpaired) electrons. The van der Waals surface area contributed by atoms with Crippen LogP contribution < -0.4 is 11.1 Å². The molecule has 1 amide bonds. The predicted octanol–water partition coefficient (Wildman–Crippen LogP) is 0.587. The van der Waals surface area contributed by atoms with Crippen LogP contribution in [0.25, 0.3) is 0 Å². The van der Waals surface area contributed by atoms with E-state index in [0.717, 1.165) is 25.7 Å². The van der Waals surface area contributed by atoms with Crippen LogP contribution in [0.5, 0.6) is 0 Å². The highest BCUT2D eigenvalue weighted by molar-refractivity contribution is 7.91. The lowest BCUT2D eigenvalue weighted by atomic mass is 9.84. The van der Waals surface area contributed by atoms with Crippen molar-refractivity contribution in [2.45, 2.75) is 57.0 Å². The van der Waals surface area contributed by atoms with Gasteiger partial charge in [-0.1, -0.05) is 6.42 Å². The van der Waals surface area contributed by atoms with Crippen molar-refractivity contribution < 1.29 is 13.2 Å². The number of carbonyl (C=O) groups excluding carboxylic acids is 1. The van der Waals surface area contributed by atoms with E-state index in [9.17, 15) is 13.2 Å². The standard InChI is InChI=1S/C13H24N2O3S/c14-11-3-1-2-10(8-11)9-13(16)15-12-4-6-19(17,18)7-5-12/h10-12H,1-9,14H2,(H,15,16). The highest BCUT2D eigenvalue weighted by Crippen LogP contribution is 2.25. The second kappa shape index (κ2) is 6.22. The number of nitrogens with one attached hydrogen (secondary N) is 1. The van der Waals surface area contributed by atoms with Gasteiger partial charge in [0.1, 0.15) is 9.84 Å². The minimum atomic E-state index is -2.85. The average Bonchev–Trinajstić information content (AvgIpc) is 2.32. The third-order valence-corrected chi connectivity index (χ3v) is 5.93. The van der Waals surface area contributed by atoms with Crippen molar-refractivity contribution >= 4 is 15.7 Å². The van der Waals surface area contributed by atoms with E-state index in [4.69, 9.17) is 5.73 Å². The lowest BCUT2D eigenvalue weighted by Gasteiger charge is -2.28. The Balaban J connectivity index is 1.72. The van der Waals surface area contributed by atoms with Gasteiger partial charge in [0.2, 0.25) is 5.91 Å². The lowest BCUT2D eigenvalue weighted by molar-refractivity contribution is -0.123. The normalized spacial score (nSPS) is 31.8. The van der Waals surface area contributed by atoms with Crippen molar-refractivity contribution in [2.75, 3.05) is 11.5 Å². The van der Waals surface area contributed by atoms with E-state index in [1.54, 1.807) is 0 Å². The van der Waals surface area contributed by atoms with Crippen LogP contribution in [-0.4, -0.2) is 37.9 Å². The first-order valence-electron chi connectivity index (χ1n) is 7.20. The van der Waals surface area contributed by atoms with E-state index in [1.165, 1.54) is 0 Å². The first-order valence-corrected chi connectivity index (χ1v) is 9.02. The van der Waals surface area contributed by atoms with E-state index in [2.05, 4.69) is 5.32 Å². The van der Waals surface area contributed by atoms with Gasteiger partial charge in [-0.3, -0.25) is 4.79 Å². The molecule has 1 aliphatic carbocycles. The first kappa shape index (κ1) is 14.8. The molecule has 0 aromatic carbocycles. The van der Waals surface area contributed by atoms with Gasteiger partial charge in [-0.2, -0.15) is 0 Å². The molecule has 0 aromatic rings. The molecule has 0 spiro atoms. The molecule has 2 fully saturated rings. The summed E-state index contributed by atoms with van der Waals surface area (Å²) in [6, 6.07) is 0.277. The third kappa shape index (κ3) is 4.76. The Hall–Kier alpha value is -0.620. The Morgan fingerprint density at radius 1 is 1.16 bits per heavy atom. The SMILES string of the molecule is NC1CCCC(CC(=O)NC2CCS(=O)(=O)CC2)C1. The molecule has 1 heterocycles. The summed E-state index contributed by atoms with van der Waals surface area (Å²) in [5.74, 6) is 0.859. The van der Waals surface area contributed by atoms with Crippen LogP contribution in [0.4, 0.5) is 0 Å². The van der Waals surface area contributed by atoms with Crippen molar-refractivity contribution in [1.29, 1.82) is 0 Å². The van der Waals surface area contributed by atoms with Crippen LogP contribution in [-0.2, 0) is 14.6 Å². The fourth-order valence-electron chi connectivity index (χ4n) is 3.10. The molecule has 19 heavy (non-hydrogen) atoms. The molecule has 1 saturated carbocycles. The maximum atomic E-state index is 11.9. The fraction of sp³-hybridized carbons (Fsp3) is 0.923. The topological polar surface area (TPSA) is 89.3 Å². The zero-order valence-corrected chi connectivity index (χ0v) is 12.1. The number of hydrogen-bond donors (Lipinski definition) is 2. The van der Waals surface area contributed by atoms with Gasteiger partial charge in [0, 0.05) is 18.5 Å². The smallest absolute Gasteiger partial charge is 0.220 e. The maximum absolute atomic E-state index is 11.9. The maximum Gasteiger partial charge on any atom is 0.220 e. The second-order valence-electron chi connectivity index (χ2n) is 5.99. The highest BCUT2D eigenvalue weighted by atomic mass is 32.2. The Bertz CT molecular complexity index is 408. The fourth-order valence-corrected chi connectivity index (χ4v) is 4.59. The molecule has 6 heteroatoms. The number of hydrogen-bond acceptors (Lipinski definition) is 4. The van der Waals surface area contributed by atoms with Crippen LogP contribution in [0, 0.1) is 5.92 Å². The van der Waals surface area contributed by atoms with Gasteiger partial charge in [0.15, 0.2) is 0 Å². The van der Waals surface area contributed by atoms with Gasteiger partial charge >= 0.3 is 0 Å². The molecular weight excluding hydrogens is 264 g/mol. The summed E-state index contributed by atoms with van der Waals surface area (Å²) in [7, 11) is -2.85. The molecule has 2 rings (SSSR count). The molecule has 5 nitrogen and oxygen atoms in total. The Morgan fingerprint density at radius 3 is 2.47 bits per heavy atom. The zero-order valence-electron chi connectivity index (χ0n) is 11.3. The van der Waals surface area contributed by atoms with Crippen molar-refractivity contribution in [1.82, 2.24) is 5.32 Å². The van der Waals surface area contributed by atoms with E-state index in [0.29, 0.717) is 25.2 Å². The summed E-state index contributed by atoms with van der Waals surface area (Å²) in [5, 5.41) is 2.97. The minimum absolute atomic E-state index is 0.0355. The summed E-state index contributed by atoms with van der Waals surface area (Å²) < 4.78 is 22.6. The van der Waals surface area contributed by atoms with Gasteiger partial charge in [0.25, 0.3) is 0 Å². The molecule has 1 aliphatic heterocycles. The lowest BCUT2D eigenvalue weighted by Crippen LogP contribution is -2.42.